The van der Waals surface area contributed by atoms with Crippen molar-refractivity contribution in [2.45, 2.75) is 63.8 Å². The number of aliphatic imine (C=N–C) groups is 2. The average molecular weight is 450 g/mol. The average Bonchev–Trinajstić information content (AvgIpc) is 3.09. The number of benzene rings is 1. The van der Waals surface area contributed by atoms with E-state index in [9.17, 15) is 5.11 Å². The summed E-state index contributed by atoms with van der Waals surface area (Å²) in [5, 5.41) is 9.63. The zero-order valence-electron chi connectivity index (χ0n) is 19.9. The zero-order valence-corrected chi connectivity index (χ0v) is 19.9. The van der Waals surface area contributed by atoms with Crippen molar-refractivity contribution < 1.29 is 9.84 Å². The van der Waals surface area contributed by atoms with Crippen LogP contribution in [-0.4, -0.2) is 49.0 Å². The minimum absolute atomic E-state index is 0.108. The van der Waals surface area contributed by atoms with Crippen LogP contribution in [-0.2, 0) is 10.4 Å². The van der Waals surface area contributed by atoms with Crippen LogP contribution in [0.5, 0.6) is 0 Å². The predicted molar refractivity (Wildman–Crippen MR) is 137 cm³/mol. The van der Waals surface area contributed by atoms with E-state index in [1.54, 1.807) is 6.20 Å². The Morgan fingerprint density at radius 3 is 2.44 bits per heavy atom. The lowest BCUT2D eigenvalue weighted by molar-refractivity contribution is -0.129. The first-order valence-electron chi connectivity index (χ1n) is 11.5. The number of pyridine rings is 1. The van der Waals surface area contributed by atoms with Gasteiger partial charge in [0.2, 0.25) is 0 Å². The van der Waals surface area contributed by atoms with Crippen molar-refractivity contribution in [2.75, 3.05) is 0 Å². The molecule has 0 bridgehead atoms. The third-order valence-electron chi connectivity index (χ3n) is 6.57. The number of hydrogen-bond donors (Lipinski definition) is 2. The maximum Gasteiger partial charge on any atom is 0.181 e. The molecule has 0 spiro atoms. The van der Waals surface area contributed by atoms with Gasteiger partial charge in [-0.15, -0.1) is 5.92 Å². The molecule has 8 heteroatoms. The molecule has 4 rings (SSSR count). The number of nitrogens with two attached hydrogens (primary N) is 1. The molecule has 6 nitrogen and oxygen atoms in total. The van der Waals surface area contributed by atoms with Crippen LogP contribution in [0.25, 0.3) is 11.1 Å². The maximum atomic E-state index is 9.63. The zero-order chi connectivity index (χ0) is 24.5. The molecule has 170 valence electrons. The highest BCUT2D eigenvalue weighted by Gasteiger charge is 2.46. The second kappa shape index (κ2) is 9.40. The summed E-state index contributed by atoms with van der Waals surface area (Å²) in [4.78, 5) is 14.4. The summed E-state index contributed by atoms with van der Waals surface area (Å²) in [6, 6.07) is 8.36. The molecule has 1 aliphatic heterocycles. The highest BCUT2D eigenvalue weighted by atomic mass is 16.6. The van der Waals surface area contributed by atoms with E-state index in [4.69, 9.17) is 36.1 Å². The molecule has 1 fully saturated rings. The van der Waals surface area contributed by atoms with E-state index in [0.717, 1.165) is 46.4 Å². The number of aliphatic hydroxyl groups is 1. The smallest absolute Gasteiger partial charge is 0.181 e. The number of rotatable bonds is 5. The van der Waals surface area contributed by atoms with Crippen LogP contribution >= 0.6 is 0 Å². The highest BCUT2D eigenvalue weighted by Crippen LogP contribution is 2.47. The largest absolute Gasteiger partial charge is 0.384 e. The summed E-state index contributed by atoms with van der Waals surface area (Å²) in [5.74, 6) is 6.56. The molecule has 2 heterocycles. The summed E-state index contributed by atoms with van der Waals surface area (Å²) >= 11 is 0. The fourth-order valence-electron chi connectivity index (χ4n) is 4.98. The Balaban J connectivity index is 1.73. The van der Waals surface area contributed by atoms with Gasteiger partial charge in [0.15, 0.2) is 5.66 Å². The fraction of sp³-hybridized carbons (Fsp3) is 0.423. The first-order valence-corrected chi connectivity index (χ1v) is 11.5. The monoisotopic (exact) mass is 450 g/mol. The molecule has 2 aromatic rings. The molecular formula is C26H28B2N4O2. The Bertz CT molecular complexity index is 1180. The third kappa shape index (κ3) is 4.96. The molecule has 1 aromatic heterocycles. The van der Waals surface area contributed by atoms with Crippen molar-refractivity contribution >= 4 is 27.2 Å². The number of amidine groups is 1. The topological polar surface area (TPSA) is 93.1 Å². The fourth-order valence-corrected chi connectivity index (χ4v) is 4.98. The van der Waals surface area contributed by atoms with E-state index in [1.807, 2.05) is 26.1 Å². The Morgan fingerprint density at radius 1 is 1.09 bits per heavy atom. The Hall–Kier alpha value is -2.88. The van der Waals surface area contributed by atoms with Crippen molar-refractivity contribution in [3.63, 3.8) is 0 Å². The van der Waals surface area contributed by atoms with Gasteiger partial charge < -0.3 is 15.6 Å². The van der Waals surface area contributed by atoms with Gasteiger partial charge in [-0.2, -0.15) is 0 Å². The second-order valence-electron chi connectivity index (χ2n) is 9.13. The number of aromatic nitrogens is 1. The molecular weight excluding hydrogens is 422 g/mol. The van der Waals surface area contributed by atoms with E-state index in [2.05, 4.69) is 41.9 Å². The van der Waals surface area contributed by atoms with E-state index >= 15 is 0 Å². The van der Waals surface area contributed by atoms with Crippen LogP contribution < -0.4 is 5.73 Å². The van der Waals surface area contributed by atoms with E-state index < -0.39 is 11.2 Å². The number of ether oxygens (including phenoxy) is 1. The molecule has 3 N–H and O–H groups in total. The quantitative estimate of drug-likeness (QED) is 0.417. The van der Waals surface area contributed by atoms with Crippen molar-refractivity contribution in [2.24, 2.45) is 21.6 Å². The summed E-state index contributed by atoms with van der Waals surface area (Å²) in [7, 11) is 10.9. The lowest BCUT2D eigenvalue weighted by atomic mass is 9.73. The minimum atomic E-state index is -2.13. The molecule has 0 saturated heterocycles. The van der Waals surface area contributed by atoms with Gasteiger partial charge in [0.25, 0.3) is 0 Å². The Kier molecular flexibility index (Phi) is 6.71. The first-order chi connectivity index (χ1) is 16.1. The standard InChI is InChI=1S/C26H28B2N4O2/c1-4-5-18-12-20(15-30-14-18)19-7-6-16(2)23(13-19)25(31-17(3)24(29)32-25)21-8-10-22(11-9-21)34-26(27,28)33/h6-7,12-15,21-22,33H,8-11H2,1-3H3,(H2,29,32). The van der Waals surface area contributed by atoms with Crippen molar-refractivity contribution in [1.29, 1.82) is 0 Å². The molecule has 1 aliphatic carbocycles. The van der Waals surface area contributed by atoms with Gasteiger partial charge in [-0.25, -0.2) is 4.99 Å². The molecule has 1 unspecified atom stereocenters. The van der Waals surface area contributed by atoms with Crippen LogP contribution in [0.2, 0.25) is 0 Å². The normalized spacial score (nSPS) is 24.7. The van der Waals surface area contributed by atoms with Crippen LogP contribution in [0.3, 0.4) is 0 Å². The van der Waals surface area contributed by atoms with Crippen LogP contribution in [0.15, 0.2) is 46.6 Å². The van der Waals surface area contributed by atoms with Gasteiger partial charge >= 0.3 is 0 Å². The SMILES string of the molecule is [B]C([B])(O)OC1CCC(C2(c3cc(-c4cncc(C#CC)c4)ccc3C)N=C(C)C(N)=N2)CC1. The summed E-state index contributed by atoms with van der Waals surface area (Å²) in [6.07, 6.45) is 6.31. The van der Waals surface area contributed by atoms with Gasteiger partial charge in [-0.3, -0.25) is 9.98 Å². The highest BCUT2D eigenvalue weighted by molar-refractivity contribution is 6.41. The van der Waals surface area contributed by atoms with Gasteiger partial charge in [0.1, 0.15) is 21.5 Å². The summed E-state index contributed by atoms with van der Waals surface area (Å²) in [5.41, 5.74) is 9.05. The molecule has 4 radical (unpaired) electrons. The first kappa shape index (κ1) is 24.3. The lowest BCUT2D eigenvalue weighted by Gasteiger charge is -2.40. The molecule has 1 atom stereocenters. The van der Waals surface area contributed by atoms with Crippen LogP contribution in [0, 0.1) is 24.7 Å². The Morgan fingerprint density at radius 2 is 1.82 bits per heavy atom. The molecule has 1 aromatic carbocycles. The van der Waals surface area contributed by atoms with E-state index in [-0.39, 0.29) is 12.0 Å². The van der Waals surface area contributed by atoms with Crippen molar-refractivity contribution in [3.05, 3.63) is 53.3 Å². The third-order valence-corrected chi connectivity index (χ3v) is 6.57. The molecule has 2 aliphatic rings. The Labute approximate surface area is 204 Å². The lowest BCUT2D eigenvalue weighted by Crippen LogP contribution is -2.41. The van der Waals surface area contributed by atoms with Crippen LogP contribution in [0.4, 0.5) is 0 Å². The van der Waals surface area contributed by atoms with Crippen molar-refractivity contribution in [1.82, 2.24) is 4.98 Å². The summed E-state index contributed by atoms with van der Waals surface area (Å²) < 4.78 is 5.40. The van der Waals surface area contributed by atoms with Gasteiger partial charge in [-0.05, 0) is 69.7 Å². The minimum Gasteiger partial charge on any atom is -0.384 e. The van der Waals surface area contributed by atoms with Gasteiger partial charge in [0, 0.05) is 35.0 Å². The van der Waals surface area contributed by atoms with E-state index in [0.29, 0.717) is 18.7 Å². The molecule has 1 saturated carbocycles. The number of aryl methyl sites for hydroxylation is 1. The number of hydrogen-bond acceptors (Lipinski definition) is 6. The maximum absolute atomic E-state index is 9.63. The van der Waals surface area contributed by atoms with Crippen LogP contribution in [0.1, 0.15) is 56.2 Å². The van der Waals surface area contributed by atoms with Gasteiger partial charge in [-0.1, -0.05) is 18.1 Å². The molecule has 34 heavy (non-hydrogen) atoms. The van der Waals surface area contributed by atoms with E-state index in [1.165, 1.54) is 0 Å². The summed E-state index contributed by atoms with van der Waals surface area (Å²) in [6.45, 7) is 5.78. The predicted octanol–water partition coefficient (Wildman–Crippen LogP) is 2.93. The van der Waals surface area contributed by atoms with Crippen molar-refractivity contribution in [3.8, 4) is 23.0 Å². The molecule has 0 amide bonds. The van der Waals surface area contributed by atoms with Gasteiger partial charge in [0.05, 0.1) is 17.4 Å². The second-order valence-corrected chi connectivity index (χ2v) is 9.13. The number of nitrogens with zero attached hydrogens (tertiary/aromatic N) is 3.